The second-order valence-electron chi connectivity index (χ2n) is 5.05. The summed E-state index contributed by atoms with van der Waals surface area (Å²) in [5.74, 6) is -1.21. The maximum Gasteiger partial charge on any atom is 0.335 e. The van der Waals surface area contributed by atoms with Crippen LogP contribution in [0.5, 0.6) is 0 Å². The van der Waals surface area contributed by atoms with Crippen LogP contribution in [0.2, 0.25) is 10.0 Å². The summed E-state index contributed by atoms with van der Waals surface area (Å²) in [4.78, 5) is 23.9. The van der Waals surface area contributed by atoms with E-state index in [1.165, 1.54) is 18.2 Å². The van der Waals surface area contributed by atoms with Crippen molar-refractivity contribution in [3.63, 3.8) is 0 Å². The van der Waals surface area contributed by atoms with Gasteiger partial charge in [-0.1, -0.05) is 35.4 Å². The monoisotopic (exact) mass is 492 g/mol. The van der Waals surface area contributed by atoms with Crippen LogP contribution in [-0.4, -0.2) is 21.7 Å². The fourth-order valence-corrected chi connectivity index (χ4v) is 3.29. The van der Waals surface area contributed by atoms with E-state index in [1.54, 1.807) is 12.1 Å². The summed E-state index contributed by atoms with van der Waals surface area (Å²) in [6, 6.07) is 9.61. The van der Waals surface area contributed by atoms with E-state index in [0.717, 1.165) is 3.57 Å². The lowest BCUT2D eigenvalue weighted by atomic mass is 10.0. The number of Topliss-reactive ketones (excluding diaryl/α,β-unsaturated/α-hetero) is 1. The Hall–Kier alpha value is -1.02. The predicted molar refractivity (Wildman–Crippen MR) is 108 cm³/mol. The smallest absolute Gasteiger partial charge is 0.335 e. The van der Waals surface area contributed by atoms with Crippen molar-refractivity contribution in [1.29, 1.82) is 0 Å². The summed E-state index contributed by atoms with van der Waals surface area (Å²) >= 11 is 19.5. The van der Waals surface area contributed by atoms with Gasteiger partial charge in [0.1, 0.15) is 0 Å². The van der Waals surface area contributed by atoms with Crippen molar-refractivity contribution in [2.75, 3.05) is 0 Å². The summed E-state index contributed by atoms with van der Waals surface area (Å²) in [6.07, 6.45) is 0.297. The van der Waals surface area contributed by atoms with Crippen molar-refractivity contribution in [1.82, 2.24) is 0 Å². The van der Waals surface area contributed by atoms with Gasteiger partial charge in [0.2, 0.25) is 0 Å². The lowest BCUT2D eigenvalue weighted by molar-refractivity contribution is 0.0696. The first-order valence-corrected chi connectivity index (χ1v) is 9.04. The van der Waals surface area contributed by atoms with Gasteiger partial charge in [0.05, 0.1) is 10.6 Å². The first-order chi connectivity index (χ1) is 11.3. The minimum Gasteiger partial charge on any atom is -0.478 e. The first kappa shape index (κ1) is 19.3. The largest absolute Gasteiger partial charge is 0.478 e. The zero-order valence-corrected chi connectivity index (χ0v) is 16.7. The van der Waals surface area contributed by atoms with Crippen molar-refractivity contribution < 1.29 is 14.7 Å². The summed E-state index contributed by atoms with van der Waals surface area (Å²) in [5, 5.41) is 9.84. The van der Waals surface area contributed by atoms with Crippen molar-refractivity contribution in [2.24, 2.45) is 0 Å². The number of carboxylic acids is 1. The predicted octanol–water partition coefficient (Wildman–Crippen LogP) is 5.48. The average molecular weight is 493 g/mol. The molecule has 0 aromatic heterocycles. The van der Waals surface area contributed by atoms with Gasteiger partial charge in [-0.15, -0.1) is 0 Å². The number of aromatic carboxylic acids is 1. The molecule has 7 heteroatoms. The van der Waals surface area contributed by atoms with E-state index in [0.29, 0.717) is 26.0 Å². The highest BCUT2D eigenvalue weighted by Crippen LogP contribution is 2.23. The van der Waals surface area contributed by atoms with E-state index in [4.69, 9.17) is 40.5 Å². The molecule has 0 bridgehead atoms. The van der Waals surface area contributed by atoms with Crippen LogP contribution >= 0.6 is 58.0 Å². The maximum atomic E-state index is 12.4. The molecule has 0 spiro atoms. The average Bonchev–Trinajstić information content (AvgIpc) is 2.51. The standard InChI is InChI=1S/C17H11Cl2IO3S/c18-14-3-1-9(17(22)23)5-10(14)6-12(24)8-16(21)13-7-11(20)2-4-15(13)19/h1-5,7H,6,8H2,(H,22,23). The second kappa shape index (κ2) is 8.38. The number of hydrogen-bond acceptors (Lipinski definition) is 3. The number of halogens is 3. The topological polar surface area (TPSA) is 54.4 Å². The Labute approximate surface area is 168 Å². The van der Waals surface area contributed by atoms with Crippen LogP contribution in [0.1, 0.15) is 32.7 Å². The van der Waals surface area contributed by atoms with Gasteiger partial charge < -0.3 is 5.11 Å². The number of carbonyl (C=O) groups is 2. The number of ketones is 1. The van der Waals surface area contributed by atoms with Gasteiger partial charge >= 0.3 is 5.97 Å². The van der Waals surface area contributed by atoms with Crippen LogP contribution in [0.3, 0.4) is 0 Å². The molecule has 0 amide bonds. The third-order valence-electron chi connectivity index (χ3n) is 3.27. The van der Waals surface area contributed by atoms with Gasteiger partial charge in [-0.25, -0.2) is 4.79 Å². The van der Waals surface area contributed by atoms with E-state index < -0.39 is 5.97 Å². The Morgan fingerprint density at radius 2 is 1.75 bits per heavy atom. The van der Waals surface area contributed by atoms with Crippen LogP contribution < -0.4 is 0 Å². The highest BCUT2D eigenvalue weighted by molar-refractivity contribution is 14.1. The number of benzene rings is 2. The molecule has 2 rings (SSSR count). The third kappa shape index (κ3) is 4.99. The molecular formula is C17H11Cl2IO3S. The molecule has 0 aliphatic carbocycles. The number of thiocarbonyl (C=S) groups is 1. The number of carboxylic acid groups (broad SMARTS) is 1. The molecule has 1 N–H and O–H groups in total. The van der Waals surface area contributed by atoms with Crippen LogP contribution in [0.25, 0.3) is 0 Å². The molecule has 0 saturated heterocycles. The molecular weight excluding hydrogens is 482 g/mol. The Kier molecular flexibility index (Phi) is 6.74. The SMILES string of the molecule is O=C(O)c1ccc(Cl)c(CC(=S)CC(=O)c2cc(I)ccc2Cl)c1. The lowest BCUT2D eigenvalue weighted by Gasteiger charge is -2.08. The molecule has 0 heterocycles. The molecule has 2 aromatic carbocycles. The first-order valence-electron chi connectivity index (χ1n) is 6.79. The lowest BCUT2D eigenvalue weighted by Crippen LogP contribution is -2.10. The zero-order chi connectivity index (χ0) is 17.9. The quantitative estimate of drug-likeness (QED) is 0.329. The summed E-state index contributed by atoms with van der Waals surface area (Å²) < 4.78 is 0.906. The van der Waals surface area contributed by atoms with E-state index in [-0.39, 0.29) is 24.2 Å². The van der Waals surface area contributed by atoms with Crippen molar-refractivity contribution >= 4 is 74.6 Å². The van der Waals surface area contributed by atoms with Crippen molar-refractivity contribution in [3.05, 3.63) is 66.7 Å². The fourth-order valence-electron chi connectivity index (χ4n) is 2.10. The number of rotatable bonds is 6. The van der Waals surface area contributed by atoms with E-state index in [9.17, 15) is 9.59 Å². The van der Waals surface area contributed by atoms with Gasteiger partial charge in [-0.2, -0.15) is 0 Å². The normalized spacial score (nSPS) is 10.5. The minimum absolute atomic E-state index is 0.0444. The summed E-state index contributed by atoms with van der Waals surface area (Å²) in [7, 11) is 0. The van der Waals surface area contributed by atoms with Crippen LogP contribution in [0.4, 0.5) is 0 Å². The molecule has 0 fully saturated rings. The van der Waals surface area contributed by atoms with Crippen LogP contribution in [0.15, 0.2) is 36.4 Å². The molecule has 2 aromatic rings. The Morgan fingerprint density at radius 1 is 1.08 bits per heavy atom. The minimum atomic E-state index is -1.04. The van der Waals surface area contributed by atoms with Gasteiger partial charge in [0, 0.05) is 31.9 Å². The highest BCUT2D eigenvalue weighted by Gasteiger charge is 2.15. The van der Waals surface area contributed by atoms with Crippen LogP contribution in [0, 0.1) is 3.57 Å². The van der Waals surface area contributed by atoms with Crippen LogP contribution in [-0.2, 0) is 6.42 Å². The van der Waals surface area contributed by atoms with Crippen molar-refractivity contribution in [2.45, 2.75) is 12.8 Å². The molecule has 124 valence electrons. The second-order valence-corrected chi connectivity index (χ2v) is 7.69. The Balaban J connectivity index is 2.13. The van der Waals surface area contributed by atoms with Gasteiger partial charge in [0.25, 0.3) is 0 Å². The van der Waals surface area contributed by atoms with Gasteiger partial charge in [-0.05, 0) is 64.6 Å². The fraction of sp³-hybridized carbons (Fsp3) is 0.118. The molecule has 3 nitrogen and oxygen atoms in total. The van der Waals surface area contributed by atoms with Gasteiger partial charge in [-0.3, -0.25) is 4.79 Å². The van der Waals surface area contributed by atoms with E-state index >= 15 is 0 Å². The molecule has 24 heavy (non-hydrogen) atoms. The van der Waals surface area contributed by atoms with Crippen molar-refractivity contribution in [3.8, 4) is 0 Å². The highest BCUT2D eigenvalue weighted by atomic mass is 127. The third-order valence-corrected chi connectivity index (χ3v) is 4.92. The molecule has 0 unspecified atom stereocenters. The number of hydrogen-bond donors (Lipinski definition) is 1. The maximum absolute atomic E-state index is 12.4. The Bertz CT molecular complexity index is 837. The molecule has 0 aliphatic rings. The van der Waals surface area contributed by atoms with Gasteiger partial charge in [0.15, 0.2) is 5.78 Å². The Morgan fingerprint density at radius 3 is 2.42 bits per heavy atom. The molecule has 0 radical (unpaired) electrons. The number of carbonyl (C=O) groups excluding carboxylic acids is 1. The van der Waals surface area contributed by atoms with E-state index in [2.05, 4.69) is 22.6 Å². The molecule has 0 aliphatic heterocycles. The molecule has 0 atom stereocenters. The summed E-state index contributed by atoms with van der Waals surface area (Å²) in [6.45, 7) is 0. The van der Waals surface area contributed by atoms with E-state index in [1.807, 2.05) is 6.07 Å². The zero-order valence-electron chi connectivity index (χ0n) is 12.2. The molecule has 0 saturated carbocycles. The summed E-state index contributed by atoms with van der Waals surface area (Å²) in [5.41, 5.74) is 1.14.